The van der Waals surface area contributed by atoms with E-state index in [0.717, 1.165) is 28.4 Å². The minimum absolute atomic E-state index is 0.000898. The number of imide groups is 1. The van der Waals surface area contributed by atoms with Gasteiger partial charge in [-0.3, -0.25) is 19.3 Å². The fourth-order valence-corrected chi connectivity index (χ4v) is 3.88. The summed E-state index contributed by atoms with van der Waals surface area (Å²) in [7, 11) is 0. The molecule has 0 atom stereocenters. The summed E-state index contributed by atoms with van der Waals surface area (Å²) in [6.07, 6.45) is 0. The van der Waals surface area contributed by atoms with Gasteiger partial charge in [0.15, 0.2) is 5.82 Å². The number of carbonyl (C=O) groups excluding carboxylic acids is 3. The Hall–Kier alpha value is -2.87. The highest BCUT2D eigenvalue weighted by Crippen LogP contribution is 2.24. The number of benzene rings is 1. The highest BCUT2D eigenvalue weighted by molar-refractivity contribution is 8.14. The third kappa shape index (κ3) is 5.38. The first kappa shape index (κ1) is 21.8. The number of halogens is 2. The van der Waals surface area contributed by atoms with E-state index >= 15 is 0 Å². The molecule has 0 radical (unpaired) electrons. The number of nitrogens with two attached hydrogens (primary N) is 1. The molecule has 14 heteroatoms. The summed E-state index contributed by atoms with van der Waals surface area (Å²) in [5, 5.41) is 10.4. The molecule has 0 aliphatic carbocycles. The number of thioether (sulfide) groups is 2. The van der Waals surface area contributed by atoms with E-state index in [0.29, 0.717) is 5.56 Å². The Kier molecular flexibility index (Phi) is 7.10. The minimum atomic E-state index is -2.92. The molecule has 1 aromatic heterocycles. The molecule has 2 heterocycles. The van der Waals surface area contributed by atoms with Crippen LogP contribution < -0.4 is 15.9 Å². The quantitative estimate of drug-likeness (QED) is 0.420. The molecule has 30 heavy (non-hydrogen) atoms. The van der Waals surface area contributed by atoms with Crippen molar-refractivity contribution in [2.75, 3.05) is 30.4 Å². The van der Waals surface area contributed by atoms with Crippen LogP contribution in [0.4, 0.5) is 13.6 Å². The first-order chi connectivity index (χ1) is 14.3. The van der Waals surface area contributed by atoms with Gasteiger partial charge in [0, 0.05) is 18.7 Å². The molecule has 1 aromatic carbocycles. The molecule has 1 aliphatic rings. The average molecular weight is 458 g/mol. The number of alkyl halides is 2. The van der Waals surface area contributed by atoms with E-state index in [1.54, 1.807) is 0 Å². The van der Waals surface area contributed by atoms with E-state index in [2.05, 4.69) is 20.3 Å². The van der Waals surface area contributed by atoms with Gasteiger partial charge in [-0.2, -0.15) is 8.78 Å². The van der Waals surface area contributed by atoms with Crippen LogP contribution in [0.3, 0.4) is 0 Å². The predicted octanol–water partition coefficient (Wildman–Crippen LogP) is 1.16. The highest BCUT2D eigenvalue weighted by atomic mass is 32.2. The fraction of sp³-hybridized carbons (Fsp3) is 0.312. The maximum absolute atomic E-state index is 12.2. The van der Waals surface area contributed by atoms with Crippen LogP contribution in [0, 0.1) is 0 Å². The molecular formula is C16H16F2N6O4S2. The molecule has 2 aromatic rings. The van der Waals surface area contributed by atoms with E-state index in [4.69, 9.17) is 5.84 Å². The topological polar surface area (TPSA) is 132 Å². The summed E-state index contributed by atoms with van der Waals surface area (Å²) in [6, 6.07) is 5.71. The van der Waals surface area contributed by atoms with E-state index < -0.39 is 6.61 Å². The molecule has 3 rings (SSSR count). The van der Waals surface area contributed by atoms with E-state index in [9.17, 15) is 23.2 Å². The van der Waals surface area contributed by atoms with Crippen molar-refractivity contribution in [3.05, 3.63) is 24.3 Å². The first-order valence-corrected chi connectivity index (χ1v) is 10.4. The summed E-state index contributed by atoms with van der Waals surface area (Å²) in [5.41, 5.74) is 0.528. The molecule has 0 unspecified atom stereocenters. The number of hydrogen-bond acceptors (Lipinski definition) is 9. The van der Waals surface area contributed by atoms with Crippen molar-refractivity contribution < 1.29 is 27.9 Å². The lowest BCUT2D eigenvalue weighted by Crippen LogP contribution is -2.38. The Bertz CT molecular complexity index is 924. The van der Waals surface area contributed by atoms with Gasteiger partial charge in [0.1, 0.15) is 5.75 Å². The number of nitrogens with one attached hydrogen (secondary N) is 1. The predicted molar refractivity (Wildman–Crippen MR) is 106 cm³/mol. The van der Waals surface area contributed by atoms with Crippen molar-refractivity contribution >= 4 is 40.6 Å². The summed E-state index contributed by atoms with van der Waals surface area (Å²) in [6.45, 7) is -2.66. The molecule has 1 fully saturated rings. The number of hydrogen-bond donors (Lipinski definition) is 2. The van der Waals surface area contributed by atoms with Gasteiger partial charge in [0.05, 0.1) is 11.5 Å². The van der Waals surface area contributed by atoms with Crippen molar-refractivity contribution in [3.8, 4) is 17.1 Å². The van der Waals surface area contributed by atoms with Crippen LogP contribution in [-0.2, 0) is 9.59 Å². The van der Waals surface area contributed by atoms with Crippen LogP contribution in [0.15, 0.2) is 29.4 Å². The monoisotopic (exact) mass is 458 g/mol. The van der Waals surface area contributed by atoms with Gasteiger partial charge >= 0.3 is 6.61 Å². The van der Waals surface area contributed by atoms with Gasteiger partial charge in [0.25, 0.3) is 5.24 Å². The highest BCUT2D eigenvalue weighted by Gasteiger charge is 2.29. The van der Waals surface area contributed by atoms with E-state index in [1.165, 1.54) is 28.9 Å². The van der Waals surface area contributed by atoms with Crippen molar-refractivity contribution in [2.45, 2.75) is 11.8 Å². The maximum Gasteiger partial charge on any atom is 0.387 e. The molecule has 3 N–H and O–H groups in total. The van der Waals surface area contributed by atoms with Gasteiger partial charge in [0.2, 0.25) is 17.0 Å². The second-order valence-corrected chi connectivity index (χ2v) is 7.69. The third-order valence-electron chi connectivity index (χ3n) is 3.83. The van der Waals surface area contributed by atoms with Gasteiger partial charge in [-0.05, 0) is 24.3 Å². The smallest absolute Gasteiger partial charge is 0.387 e. The Balaban J connectivity index is 1.49. The standard InChI is InChI=1S/C16H16F2N6O4S2/c17-14(18)28-10-3-1-9(2-4-10)13-21-22-15(24(13)19)29-7-11(25)20-5-6-23-12(26)8-30-16(23)27/h1-4,14H,5-8,19H2,(H,20,25). The molecule has 10 nitrogen and oxygen atoms in total. The molecule has 0 bridgehead atoms. The van der Waals surface area contributed by atoms with Crippen molar-refractivity contribution in [3.63, 3.8) is 0 Å². The lowest BCUT2D eigenvalue weighted by molar-refractivity contribution is -0.125. The number of aromatic nitrogens is 3. The second kappa shape index (κ2) is 9.75. The van der Waals surface area contributed by atoms with E-state index in [1.807, 2.05) is 0 Å². The Morgan fingerprint density at radius 3 is 2.67 bits per heavy atom. The number of ether oxygens (including phenoxy) is 1. The summed E-state index contributed by atoms with van der Waals surface area (Å²) >= 11 is 1.98. The minimum Gasteiger partial charge on any atom is -0.435 e. The Morgan fingerprint density at radius 2 is 2.03 bits per heavy atom. The van der Waals surface area contributed by atoms with Crippen LogP contribution in [0.1, 0.15) is 0 Å². The summed E-state index contributed by atoms with van der Waals surface area (Å²) < 4.78 is 29.9. The van der Waals surface area contributed by atoms with Crippen molar-refractivity contribution in [2.24, 2.45) is 0 Å². The third-order valence-corrected chi connectivity index (χ3v) is 5.63. The zero-order chi connectivity index (χ0) is 21.7. The van der Waals surface area contributed by atoms with Crippen LogP contribution in [0.25, 0.3) is 11.4 Å². The number of nitrogen functional groups attached to an aromatic ring is 1. The van der Waals surface area contributed by atoms with Crippen LogP contribution in [0.5, 0.6) is 5.75 Å². The largest absolute Gasteiger partial charge is 0.435 e. The van der Waals surface area contributed by atoms with Crippen molar-refractivity contribution in [1.29, 1.82) is 0 Å². The summed E-state index contributed by atoms with van der Waals surface area (Å²) in [4.78, 5) is 36.0. The zero-order valence-corrected chi connectivity index (χ0v) is 16.9. The van der Waals surface area contributed by atoms with Gasteiger partial charge in [-0.25, -0.2) is 4.68 Å². The zero-order valence-electron chi connectivity index (χ0n) is 15.3. The molecule has 3 amide bonds. The van der Waals surface area contributed by atoms with Crippen molar-refractivity contribution in [1.82, 2.24) is 25.1 Å². The SMILES string of the molecule is Nn1c(SCC(=O)NCCN2C(=O)CSC2=O)nnc1-c1ccc(OC(F)F)cc1. The number of nitrogens with zero attached hydrogens (tertiary/aromatic N) is 4. The Labute approximate surface area is 177 Å². The normalized spacial score (nSPS) is 13.9. The lowest BCUT2D eigenvalue weighted by Gasteiger charge is -2.12. The second-order valence-electron chi connectivity index (χ2n) is 5.82. The van der Waals surface area contributed by atoms with Crippen LogP contribution >= 0.6 is 23.5 Å². The summed E-state index contributed by atoms with van der Waals surface area (Å²) in [5.74, 6) is 5.76. The van der Waals surface area contributed by atoms with Crippen LogP contribution in [-0.4, -0.2) is 68.0 Å². The Morgan fingerprint density at radius 1 is 1.30 bits per heavy atom. The molecule has 0 saturated carbocycles. The molecule has 1 saturated heterocycles. The maximum atomic E-state index is 12.2. The number of carbonyl (C=O) groups is 3. The lowest BCUT2D eigenvalue weighted by atomic mass is 10.2. The molecule has 1 aliphatic heterocycles. The van der Waals surface area contributed by atoms with Gasteiger partial charge in [-0.1, -0.05) is 23.5 Å². The molecular weight excluding hydrogens is 442 g/mol. The molecule has 160 valence electrons. The van der Waals surface area contributed by atoms with Crippen LogP contribution in [0.2, 0.25) is 0 Å². The average Bonchev–Trinajstić information content (AvgIpc) is 3.23. The number of amides is 3. The van der Waals surface area contributed by atoms with Gasteiger partial charge < -0.3 is 15.9 Å². The first-order valence-electron chi connectivity index (χ1n) is 8.47. The van der Waals surface area contributed by atoms with Gasteiger partial charge in [-0.15, -0.1) is 10.2 Å². The number of rotatable bonds is 9. The molecule has 0 spiro atoms. The van der Waals surface area contributed by atoms with E-state index in [-0.39, 0.29) is 58.4 Å². The fourth-order valence-electron chi connectivity index (χ4n) is 2.44.